The van der Waals surface area contributed by atoms with Gasteiger partial charge in [0.25, 0.3) is 10.0 Å². The van der Waals surface area contributed by atoms with Crippen LogP contribution in [0.3, 0.4) is 0 Å². The predicted molar refractivity (Wildman–Crippen MR) is 100 cm³/mol. The van der Waals surface area contributed by atoms with Crippen LogP contribution in [0.2, 0.25) is 0 Å². The Morgan fingerprint density at radius 2 is 2.04 bits per heavy atom. The summed E-state index contributed by atoms with van der Waals surface area (Å²) < 4.78 is 41.1. The number of anilines is 1. The number of thiophene rings is 1. The number of hydrogen-bond acceptors (Lipinski definition) is 4. The molecule has 1 aromatic heterocycles. The van der Waals surface area contributed by atoms with Crippen LogP contribution >= 0.6 is 11.3 Å². The molecule has 1 aromatic carbocycles. The molecule has 5 nitrogen and oxygen atoms in total. The van der Waals surface area contributed by atoms with Crippen LogP contribution in [0.1, 0.15) is 23.3 Å². The van der Waals surface area contributed by atoms with Crippen molar-refractivity contribution in [2.45, 2.75) is 30.9 Å². The number of sulfonamides is 1. The number of hydrogen-bond donors (Lipinski definition) is 1. The summed E-state index contributed by atoms with van der Waals surface area (Å²) in [4.78, 5) is 13.4. The Hall–Kier alpha value is -1.77. The van der Waals surface area contributed by atoms with Crippen molar-refractivity contribution < 1.29 is 17.6 Å². The third-order valence-electron chi connectivity index (χ3n) is 4.45. The number of halogens is 1. The standard InChI is InChI=1S/C18H21FN2O3S2/c1-12-5-7-16(15(19)10-12)20-18(22)14-4-3-9-21(11-14)26(23,24)17-8-6-13(2)25-17/h5-8,10,14H,3-4,9,11H2,1-2H3,(H,20,22). The van der Waals surface area contributed by atoms with Crippen LogP contribution in [-0.4, -0.2) is 31.7 Å². The van der Waals surface area contributed by atoms with Gasteiger partial charge in [-0.2, -0.15) is 4.31 Å². The molecule has 1 fully saturated rings. The number of amides is 1. The summed E-state index contributed by atoms with van der Waals surface area (Å²) in [5, 5.41) is 2.59. The largest absolute Gasteiger partial charge is 0.323 e. The van der Waals surface area contributed by atoms with Gasteiger partial charge in [0.2, 0.25) is 5.91 Å². The summed E-state index contributed by atoms with van der Waals surface area (Å²) in [6.07, 6.45) is 1.17. The molecule has 1 unspecified atom stereocenters. The van der Waals surface area contributed by atoms with Gasteiger partial charge in [-0.3, -0.25) is 4.79 Å². The summed E-state index contributed by atoms with van der Waals surface area (Å²) in [6.45, 7) is 4.12. The number of carbonyl (C=O) groups excluding carboxylic acids is 1. The highest BCUT2D eigenvalue weighted by Crippen LogP contribution is 2.29. The van der Waals surface area contributed by atoms with E-state index in [0.29, 0.717) is 23.6 Å². The van der Waals surface area contributed by atoms with Crippen LogP contribution in [0.5, 0.6) is 0 Å². The second-order valence-corrected chi connectivity index (χ2v) is 9.99. The van der Waals surface area contributed by atoms with E-state index >= 15 is 0 Å². The number of piperidine rings is 1. The van der Waals surface area contributed by atoms with Crippen molar-refractivity contribution in [1.29, 1.82) is 0 Å². The fraction of sp³-hybridized carbons (Fsp3) is 0.389. The minimum atomic E-state index is -3.60. The van der Waals surface area contributed by atoms with Crippen LogP contribution < -0.4 is 5.32 Å². The molecule has 1 atom stereocenters. The number of aryl methyl sites for hydroxylation is 2. The molecule has 1 saturated heterocycles. The minimum Gasteiger partial charge on any atom is -0.323 e. The zero-order valence-corrected chi connectivity index (χ0v) is 16.3. The molecule has 26 heavy (non-hydrogen) atoms. The molecule has 8 heteroatoms. The van der Waals surface area contributed by atoms with Crippen LogP contribution in [0.25, 0.3) is 0 Å². The Kier molecular flexibility index (Phi) is 5.45. The fourth-order valence-corrected chi connectivity index (χ4v) is 5.97. The lowest BCUT2D eigenvalue weighted by Gasteiger charge is -2.30. The second kappa shape index (κ2) is 7.46. The maximum absolute atomic E-state index is 13.9. The molecule has 2 heterocycles. The summed E-state index contributed by atoms with van der Waals surface area (Å²) in [5.74, 6) is -1.34. The van der Waals surface area contributed by atoms with Gasteiger partial charge in [-0.25, -0.2) is 12.8 Å². The highest BCUT2D eigenvalue weighted by molar-refractivity contribution is 7.91. The first-order valence-corrected chi connectivity index (χ1v) is 10.7. The molecule has 3 rings (SSSR count). The summed E-state index contributed by atoms with van der Waals surface area (Å²) in [5.41, 5.74) is 0.885. The topological polar surface area (TPSA) is 66.5 Å². The maximum atomic E-state index is 13.9. The molecule has 2 aromatic rings. The molecular formula is C18H21FN2O3S2. The van der Waals surface area contributed by atoms with Crippen LogP contribution in [0.15, 0.2) is 34.5 Å². The molecule has 1 N–H and O–H groups in total. The van der Waals surface area contributed by atoms with Crippen molar-refractivity contribution in [1.82, 2.24) is 4.31 Å². The smallest absolute Gasteiger partial charge is 0.252 e. The highest BCUT2D eigenvalue weighted by Gasteiger charge is 2.34. The Morgan fingerprint density at radius 1 is 1.27 bits per heavy atom. The second-order valence-electron chi connectivity index (χ2n) is 6.54. The van der Waals surface area contributed by atoms with Gasteiger partial charge in [0.15, 0.2) is 0 Å². The number of carbonyl (C=O) groups is 1. The molecule has 0 aliphatic carbocycles. The lowest BCUT2D eigenvalue weighted by Crippen LogP contribution is -2.43. The molecule has 140 valence electrons. The van der Waals surface area contributed by atoms with Crippen LogP contribution in [-0.2, 0) is 14.8 Å². The van der Waals surface area contributed by atoms with Crippen LogP contribution in [0, 0.1) is 25.6 Å². The van der Waals surface area contributed by atoms with Gasteiger partial charge in [0.1, 0.15) is 10.0 Å². The molecule has 0 spiro atoms. The Bertz CT molecular complexity index is 924. The molecule has 0 saturated carbocycles. The first-order valence-electron chi connectivity index (χ1n) is 8.41. The first-order chi connectivity index (χ1) is 12.3. The van der Waals surface area contributed by atoms with E-state index in [2.05, 4.69) is 5.32 Å². The Labute approximate surface area is 156 Å². The molecular weight excluding hydrogens is 375 g/mol. The lowest BCUT2D eigenvalue weighted by atomic mass is 9.98. The third-order valence-corrected chi connectivity index (χ3v) is 7.78. The van der Waals surface area contributed by atoms with Gasteiger partial charge in [0, 0.05) is 18.0 Å². The van der Waals surface area contributed by atoms with E-state index in [1.807, 2.05) is 6.92 Å². The van der Waals surface area contributed by atoms with E-state index in [9.17, 15) is 17.6 Å². The van der Waals surface area contributed by atoms with Gasteiger partial charge in [-0.05, 0) is 56.5 Å². The van der Waals surface area contributed by atoms with Gasteiger partial charge in [-0.15, -0.1) is 11.3 Å². The van der Waals surface area contributed by atoms with E-state index < -0.39 is 21.8 Å². The maximum Gasteiger partial charge on any atom is 0.252 e. The third kappa shape index (κ3) is 3.97. The molecule has 1 amide bonds. The summed E-state index contributed by atoms with van der Waals surface area (Å²) in [6, 6.07) is 7.96. The van der Waals surface area contributed by atoms with Gasteiger partial charge in [-0.1, -0.05) is 6.07 Å². The molecule has 0 radical (unpaired) electrons. The SMILES string of the molecule is Cc1ccc(NC(=O)C2CCCN(S(=O)(=O)c3ccc(C)s3)C2)c(F)c1. The van der Waals surface area contributed by atoms with Gasteiger partial charge < -0.3 is 5.32 Å². The zero-order chi connectivity index (χ0) is 18.9. The van der Waals surface area contributed by atoms with Gasteiger partial charge in [0.05, 0.1) is 11.6 Å². The minimum absolute atomic E-state index is 0.110. The predicted octanol–water partition coefficient (Wildman–Crippen LogP) is 3.54. The fourth-order valence-electron chi connectivity index (χ4n) is 3.01. The molecule has 1 aliphatic heterocycles. The van der Waals surface area contributed by atoms with E-state index in [1.165, 1.54) is 27.8 Å². The van der Waals surface area contributed by atoms with Crippen molar-refractivity contribution in [2.75, 3.05) is 18.4 Å². The number of benzene rings is 1. The zero-order valence-electron chi connectivity index (χ0n) is 14.7. The quantitative estimate of drug-likeness (QED) is 0.860. The van der Waals surface area contributed by atoms with Crippen molar-refractivity contribution in [3.63, 3.8) is 0 Å². The van der Waals surface area contributed by atoms with E-state index in [4.69, 9.17) is 0 Å². The average Bonchev–Trinajstić information content (AvgIpc) is 3.05. The molecule has 0 bridgehead atoms. The Morgan fingerprint density at radius 3 is 2.69 bits per heavy atom. The van der Waals surface area contributed by atoms with Crippen molar-refractivity contribution in [2.24, 2.45) is 5.92 Å². The molecule has 1 aliphatic rings. The number of nitrogens with one attached hydrogen (secondary N) is 1. The number of rotatable bonds is 4. The highest BCUT2D eigenvalue weighted by atomic mass is 32.2. The first kappa shape index (κ1) is 19.0. The average molecular weight is 397 g/mol. The van der Waals surface area contributed by atoms with Crippen molar-refractivity contribution in [3.8, 4) is 0 Å². The lowest BCUT2D eigenvalue weighted by molar-refractivity contribution is -0.120. The number of nitrogens with zero attached hydrogens (tertiary/aromatic N) is 1. The van der Waals surface area contributed by atoms with E-state index in [1.54, 1.807) is 25.1 Å². The Balaban J connectivity index is 1.72. The van der Waals surface area contributed by atoms with Gasteiger partial charge >= 0.3 is 0 Å². The van der Waals surface area contributed by atoms with Crippen molar-refractivity contribution in [3.05, 3.63) is 46.6 Å². The normalized spacial score (nSPS) is 18.7. The van der Waals surface area contributed by atoms with E-state index in [0.717, 1.165) is 10.4 Å². The van der Waals surface area contributed by atoms with Crippen LogP contribution in [0.4, 0.5) is 10.1 Å². The van der Waals surface area contributed by atoms with Crippen molar-refractivity contribution >= 4 is 33.0 Å². The monoisotopic (exact) mass is 396 g/mol. The van der Waals surface area contributed by atoms with E-state index in [-0.39, 0.29) is 18.1 Å². The summed E-state index contributed by atoms with van der Waals surface area (Å²) >= 11 is 1.22. The summed E-state index contributed by atoms with van der Waals surface area (Å²) in [7, 11) is -3.60.